The summed E-state index contributed by atoms with van der Waals surface area (Å²) in [5, 5.41) is 41.4. The number of hydrogen-bond acceptors (Lipinski definition) is 9. The fourth-order valence-electron chi connectivity index (χ4n) is 1.95. The van der Waals surface area contributed by atoms with E-state index in [-0.39, 0.29) is 43.7 Å². The SMILES string of the molecule is [NH]C(CCC(=O)NC(CCC(=O)O)C(=O)NCCSSCC(O)C(O)CS)C(=O)O. The lowest BCUT2D eigenvalue weighted by Gasteiger charge is -2.18. The van der Waals surface area contributed by atoms with Gasteiger partial charge in [0.2, 0.25) is 11.8 Å². The molecule has 0 aromatic rings. The van der Waals surface area contributed by atoms with E-state index in [1.54, 1.807) is 0 Å². The van der Waals surface area contributed by atoms with E-state index in [2.05, 4.69) is 23.3 Å². The number of aliphatic hydroxyl groups is 2. The van der Waals surface area contributed by atoms with Crippen LogP contribution in [0.5, 0.6) is 0 Å². The van der Waals surface area contributed by atoms with Crippen LogP contribution >= 0.6 is 34.2 Å². The van der Waals surface area contributed by atoms with Crippen molar-refractivity contribution in [2.24, 2.45) is 0 Å². The van der Waals surface area contributed by atoms with Gasteiger partial charge in [-0.3, -0.25) is 19.2 Å². The second-order valence-corrected chi connectivity index (χ2v) is 9.19. The molecule has 4 unspecified atom stereocenters. The van der Waals surface area contributed by atoms with Crippen LogP contribution in [0.25, 0.3) is 0 Å². The Morgan fingerprint density at radius 1 is 1.00 bits per heavy atom. The first kappa shape index (κ1) is 28.8. The van der Waals surface area contributed by atoms with Gasteiger partial charge in [-0.1, -0.05) is 21.6 Å². The van der Waals surface area contributed by atoms with Crippen LogP contribution in [0, 0.1) is 0 Å². The van der Waals surface area contributed by atoms with Gasteiger partial charge in [0, 0.05) is 36.6 Å². The molecule has 0 aromatic carbocycles. The molecular formula is C16H28N3O8S3. The Morgan fingerprint density at radius 2 is 1.67 bits per heavy atom. The Labute approximate surface area is 187 Å². The Morgan fingerprint density at radius 3 is 2.23 bits per heavy atom. The number of rotatable bonds is 17. The summed E-state index contributed by atoms with van der Waals surface area (Å²) in [5.41, 5.74) is 7.26. The molecule has 14 heteroatoms. The summed E-state index contributed by atoms with van der Waals surface area (Å²) in [5.74, 6) is -2.80. The van der Waals surface area contributed by atoms with Crippen molar-refractivity contribution in [2.75, 3.05) is 23.8 Å². The number of carbonyl (C=O) groups excluding carboxylic acids is 2. The van der Waals surface area contributed by atoms with Crippen LogP contribution in [0.1, 0.15) is 25.7 Å². The second kappa shape index (κ2) is 16.5. The minimum absolute atomic E-state index is 0.133. The molecule has 173 valence electrons. The predicted octanol–water partition coefficient (Wildman–Crippen LogP) is -0.998. The number of thiol groups is 1. The minimum atomic E-state index is -1.45. The number of carboxylic acids is 2. The minimum Gasteiger partial charge on any atom is -0.481 e. The van der Waals surface area contributed by atoms with E-state index in [1.165, 1.54) is 21.6 Å². The molecule has 0 aliphatic carbocycles. The van der Waals surface area contributed by atoms with E-state index < -0.39 is 48.0 Å². The molecular weight excluding hydrogens is 458 g/mol. The summed E-state index contributed by atoms with van der Waals surface area (Å²) >= 11 is 3.88. The van der Waals surface area contributed by atoms with Crippen molar-refractivity contribution in [3.63, 3.8) is 0 Å². The Kier molecular flexibility index (Phi) is 15.8. The van der Waals surface area contributed by atoms with Gasteiger partial charge in [-0.25, -0.2) is 5.73 Å². The monoisotopic (exact) mass is 486 g/mol. The number of carbonyl (C=O) groups is 4. The highest BCUT2D eigenvalue weighted by Crippen LogP contribution is 2.22. The largest absolute Gasteiger partial charge is 0.481 e. The highest BCUT2D eigenvalue weighted by Gasteiger charge is 2.22. The van der Waals surface area contributed by atoms with E-state index in [0.717, 1.165) is 0 Å². The smallest absolute Gasteiger partial charge is 0.322 e. The molecule has 30 heavy (non-hydrogen) atoms. The summed E-state index contributed by atoms with van der Waals surface area (Å²) in [4.78, 5) is 45.6. The zero-order valence-electron chi connectivity index (χ0n) is 16.2. The number of aliphatic hydroxyl groups excluding tert-OH is 2. The van der Waals surface area contributed by atoms with Crippen LogP contribution in [0.15, 0.2) is 0 Å². The van der Waals surface area contributed by atoms with Crippen molar-refractivity contribution in [3.05, 3.63) is 0 Å². The van der Waals surface area contributed by atoms with Gasteiger partial charge in [0.1, 0.15) is 12.1 Å². The molecule has 0 aliphatic rings. The molecule has 0 bridgehead atoms. The van der Waals surface area contributed by atoms with Crippen molar-refractivity contribution < 1.29 is 39.6 Å². The van der Waals surface area contributed by atoms with Crippen molar-refractivity contribution >= 4 is 58.0 Å². The number of nitrogens with one attached hydrogen (secondary N) is 3. The maximum absolute atomic E-state index is 12.3. The highest BCUT2D eigenvalue weighted by molar-refractivity contribution is 8.76. The molecule has 1 radical (unpaired) electrons. The molecule has 7 N–H and O–H groups in total. The summed E-state index contributed by atoms with van der Waals surface area (Å²) in [6.07, 6.45) is -2.80. The van der Waals surface area contributed by atoms with Gasteiger partial charge in [0.25, 0.3) is 0 Å². The Hall–Kier alpha value is -1.19. The van der Waals surface area contributed by atoms with Gasteiger partial charge in [0.15, 0.2) is 0 Å². The maximum atomic E-state index is 12.3. The molecule has 11 nitrogen and oxygen atoms in total. The van der Waals surface area contributed by atoms with Crippen LogP contribution in [0.3, 0.4) is 0 Å². The van der Waals surface area contributed by atoms with Gasteiger partial charge in [-0.15, -0.1) is 0 Å². The van der Waals surface area contributed by atoms with Crippen molar-refractivity contribution in [3.8, 4) is 0 Å². The van der Waals surface area contributed by atoms with Crippen LogP contribution in [0.2, 0.25) is 0 Å². The number of carboxylic acid groups (broad SMARTS) is 2. The molecule has 0 aromatic heterocycles. The average Bonchev–Trinajstić information content (AvgIpc) is 2.70. The van der Waals surface area contributed by atoms with Crippen molar-refractivity contribution in [1.29, 1.82) is 0 Å². The van der Waals surface area contributed by atoms with E-state index >= 15 is 0 Å². The van der Waals surface area contributed by atoms with Gasteiger partial charge in [-0.05, 0) is 12.8 Å². The number of hydrogen-bond donors (Lipinski definition) is 7. The van der Waals surface area contributed by atoms with Crippen molar-refractivity contribution in [2.45, 2.75) is 50.0 Å². The van der Waals surface area contributed by atoms with Crippen LogP contribution in [0.4, 0.5) is 0 Å². The fraction of sp³-hybridized carbons (Fsp3) is 0.750. The van der Waals surface area contributed by atoms with Crippen molar-refractivity contribution in [1.82, 2.24) is 16.4 Å². The van der Waals surface area contributed by atoms with Crippen LogP contribution in [-0.4, -0.2) is 92.3 Å². The van der Waals surface area contributed by atoms with Gasteiger partial charge in [-0.2, -0.15) is 12.6 Å². The molecule has 0 saturated heterocycles. The fourth-order valence-corrected chi connectivity index (χ4v) is 4.27. The van der Waals surface area contributed by atoms with E-state index in [9.17, 15) is 29.4 Å². The van der Waals surface area contributed by atoms with Gasteiger partial charge in [0.05, 0.1) is 12.2 Å². The summed E-state index contributed by atoms with van der Waals surface area (Å²) in [6, 6.07) is -2.54. The Balaban J connectivity index is 4.36. The molecule has 0 heterocycles. The second-order valence-electron chi connectivity index (χ2n) is 6.20. The van der Waals surface area contributed by atoms with Gasteiger partial charge >= 0.3 is 11.9 Å². The summed E-state index contributed by atoms with van der Waals surface area (Å²) in [7, 11) is 2.67. The molecule has 0 rings (SSSR count). The first-order valence-corrected chi connectivity index (χ1v) is 12.1. The average molecular weight is 487 g/mol. The Bertz CT molecular complexity index is 570. The van der Waals surface area contributed by atoms with Crippen LogP contribution in [-0.2, 0) is 19.2 Å². The molecule has 0 saturated carbocycles. The molecule has 0 fully saturated rings. The standard InChI is InChI=1S/C16H28N3O8S3/c17-9(16(26)27)1-3-13(22)19-10(2-4-14(23)24)15(25)18-5-6-29-30-8-12(21)11(20)7-28/h9-12,17,20-21,28H,1-8H2,(H,18,25)(H,19,22)(H,23,24)(H,26,27). The van der Waals surface area contributed by atoms with Crippen LogP contribution < -0.4 is 16.4 Å². The summed E-state index contributed by atoms with van der Waals surface area (Å²) in [6.45, 7) is 0.231. The summed E-state index contributed by atoms with van der Waals surface area (Å²) < 4.78 is 0. The lowest BCUT2D eigenvalue weighted by Crippen LogP contribution is -2.47. The number of aliphatic carboxylic acids is 2. The van der Waals surface area contributed by atoms with Gasteiger partial charge < -0.3 is 31.1 Å². The predicted molar refractivity (Wildman–Crippen MR) is 116 cm³/mol. The maximum Gasteiger partial charge on any atom is 0.322 e. The van der Waals surface area contributed by atoms with E-state index in [0.29, 0.717) is 5.75 Å². The third-order valence-electron chi connectivity index (χ3n) is 3.69. The normalized spacial score (nSPS) is 14.9. The third kappa shape index (κ3) is 13.9. The highest BCUT2D eigenvalue weighted by atomic mass is 33.1. The molecule has 4 atom stereocenters. The topological polar surface area (TPSA) is 197 Å². The lowest BCUT2D eigenvalue weighted by molar-refractivity contribution is -0.140. The molecule has 0 aliphatic heterocycles. The first-order valence-electron chi connectivity index (χ1n) is 9.02. The number of amides is 2. The molecule has 0 spiro atoms. The lowest BCUT2D eigenvalue weighted by atomic mass is 10.1. The zero-order chi connectivity index (χ0) is 23.1. The first-order chi connectivity index (χ1) is 14.1. The molecule has 2 amide bonds. The zero-order valence-corrected chi connectivity index (χ0v) is 18.7. The van der Waals surface area contributed by atoms with E-state index in [4.69, 9.17) is 15.9 Å². The quantitative estimate of drug-likeness (QED) is 0.0760. The van der Waals surface area contributed by atoms with E-state index in [1.807, 2.05) is 0 Å². The third-order valence-corrected chi connectivity index (χ3v) is 6.49.